The van der Waals surface area contributed by atoms with Gasteiger partial charge in [0.25, 0.3) is 0 Å². The van der Waals surface area contributed by atoms with E-state index in [1.54, 1.807) is 19.2 Å². The summed E-state index contributed by atoms with van der Waals surface area (Å²) in [5.41, 5.74) is 2.04. The number of aromatic nitrogens is 3. The zero-order chi connectivity index (χ0) is 16.9. The van der Waals surface area contributed by atoms with Gasteiger partial charge in [-0.1, -0.05) is 23.4 Å². The molecule has 0 aliphatic carbocycles. The van der Waals surface area contributed by atoms with E-state index in [1.807, 2.05) is 48.1 Å². The van der Waals surface area contributed by atoms with Gasteiger partial charge >= 0.3 is 0 Å². The molecule has 0 bridgehead atoms. The van der Waals surface area contributed by atoms with Crippen LogP contribution in [0.25, 0.3) is 5.69 Å². The highest BCUT2D eigenvalue weighted by molar-refractivity contribution is 5.91. The van der Waals surface area contributed by atoms with Gasteiger partial charge in [0.05, 0.1) is 12.2 Å². The lowest BCUT2D eigenvalue weighted by Gasteiger charge is -2.17. The fourth-order valence-corrected chi connectivity index (χ4v) is 2.44. The summed E-state index contributed by atoms with van der Waals surface area (Å²) in [5.74, 6) is 0.899. The Balaban J connectivity index is 1.63. The minimum atomic E-state index is -0.174. The highest BCUT2D eigenvalue weighted by Crippen LogP contribution is 2.20. The fourth-order valence-electron chi connectivity index (χ4n) is 2.44. The molecular formula is C17H19N5O2. The molecule has 24 heavy (non-hydrogen) atoms. The maximum absolute atomic E-state index is 12.0. The zero-order valence-corrected chi connectivity index (χ0v) is 13.6. The maximum atomic E-state index is 12.0. The number of carbonyl (C=O) groups is 1. The van der Waals surface area contributed by atoms with Crippen LogP contribution in [0.5, 0.6) is 0 Å². The Morgan fingerprint density at radius 2 is 2.17 bits per heavy atom. The summed E-state index contributed by atoms with van der Waals surface area (Å²) in [4.78, 5) is 12.0. The van der Waals surface area contributed by atoms with Gasteiger partial charge in [0.1, 0.15) is 5.76 Å². The molecule has 0 aliphatic heterocycles. The molecule has 7 heteroatoms. The maximum Gasteiger partial charge on any atom is 0.239 e. The van der Waals surface area contributed by atoms with Crippen LogP contribution < -0.4 is 10.6 Å². The Morgan fingerprint density at radius 3 is 2.88 bits per heavy atom. The first-order chi connectivity index (χ1) is 11.6. The number of nitrogens with zero attached hydrogens (tertiary/aromatic N) is 3. The van der Waals surface area contributed by atoms with E-state index in [-0.39, 0.29) is 18.5 Å². The van der Waals surface area contributed by atoms with E-state index in [1.165, 1.54) is 0 Å². The molecule has 0 saturated heterocycles. The van der Waals surface area contributed by atoms with Crippen LogP contribution in [0.3, 0.4) is 0 Å². The second-order valence-electron chi connectivity index (χ2n) is 5.48. The topological polar surface area (TPSA) is 85.0 Å². The number of amides is 1. The summed E-state index contributed by atoms with van der Waals surface area (Å²) >= 11 is 0. The minimum Gasteiger partial charge on any atom is -0.360 e. The van der Waals surface area contributed by atoms with Gasteiger partial charge in [0.2, 0.25) is 5.91 Å². The number of aryl methyl sites for hydroxylation is 1. The van der Waals surface area contributed by atoms with Crippen molar-refractivity contribution in [3.63, 3.8) is 0 Å². The van der Waals surface area contributed by atoms with Crippen LogP contribution in [0.2, 0.25) is 0 Å². The Labute approximate surface area is 139 Å². The summed E-state index contributed by atoms with van der Waals surface area (Å²) in [6.45, 7) is 3.95. The first-order valence-corrected chi connectivity index (χ1v) is 7.69. The Morgan fingerprint density at radius 1 is 1.33 bits per heavy atom. The van der Waals surface area contributed by atoms with Gasteiger partial charge in [0, 0.05) is 24.5 Å². The summed E-state index contributed by atoms with van der Waals surface area (Å²) in [6, 6.07) is 11.5. The minimum absolute atomic E-state index is 0.0183. The molecule has 0 fully saturated rings. The highest BCUT2D eigenvalue weighted by Gasteiger charge is 2.13. The molecule has 2 heterocycles. The third kappa shape index (κ3) is 3.69. The van der Waals surface area contributed by atoms with E-state index in [0.29, 0.717) is 11.6 Å². The van der Waals surface area contributed by atoms with E-state index >= 15 is 0 Å². The number of rotatable bonds is 6. The van der Waals surface area contributed by atoms with Crippen molar-refractivity contribution in [2.45, 2.75) is 19.9 Å². The van der Waals surface area contributed by atoms with E-state index < -0.39 is 0 Å². The molecule has 0 aliphatic rings. The summed E-state index contributed by atoms with van der Waals surface area (Å²) in [5, 5.41) is 13.9. The molecule has 0 radical (unpaired) electrons. The van der Waals surface area contributed by atoms with Crippen LogP contribution in [0.1, 0.15) is 24.3 Å². The summed E-state index contributed by atoms with van der Waals surface area (Å²) in [6.07, 6.45) is 3.63. The quantitative estimate of drug-likeness (QED) is 0.727. The lowest BCUT2D eigenvalue weighted by molar-refractivity contribution is -0.115. The predicted octanol–water partition coefficient (Wildman–Crippen LogP) is 2.46. The fraction of sp³-hybridized carbons (Fsp3) is 0.235. The molecule has 0 spiro atoms. The van der Waals surface area contributed by atoms with Gasteiger partial charge in [-0.05, 0) is 31.5 Å². The normalized spacial score (nSPS) is 12.1. The smallest absolute Gasteiger partial charge is 0.239 e. The highest BCUT2D eigenvalue weighted by atomic mass is 16.5. The number of carbonyl (C=O) groups excluding carboxylic acids is 1. The number of hydrogen-bond acceptors (Lipinski definition) is 5. The molecule has 1 amide bonds. The predicted molar refractivity (Wildman–Crippen MR) is 89.9 cm³/mol. The Bertz CT molecular complexity index is 810. The average molecular weight is 325 g/mol. The summed E-state index contributed by atoms with van der Waals surface area (Å²) in [7, 11) is 0. The summed E-state index contributed by atoms with van der Waals surface area (Å²) < 4.78 is 6.73. The van der Waals surface area contributed by atoms with E-state index in [9.17, 15) is 4.79 Å². The van der Waals surface area contributed by atoms with Gasteiger partial charge in [-0.2, -0.15) is 5.10 Å². The van der Waals surface area contributed by atoms with Crippen LogP contribution in [0.4, 0.5) is 5.82 Å². The Kier molecular flexibility index (Phi) is 4.72. The largest absolute Gasteiger partial charge is 0.360 e. The molecule has 1 aromatic carbocycles. The lowest BCUT2D eigenvalue weighted by Crippen LogP contribution is -2.30. The zero-order valence-electron chi connectivity index (χ0n) is 13.6. The van der Waals surface area contributed by atoms with Crippen molar-refractivity contribution >= 4 is 11.7 Å². The molecule has 2 N–H and O–H groups in total. The van der Waals surface area contributed by atoms with Crippen LogP contribution in [-0.2, 0) is 4.79 Å². The molecule has 0 unspecified atom stereocenters. The number of anilines is 1. The van der Waals surface area contributed by atoms with Gasteiger partial charge in [0.15, 0.2) is 5.82 Å². The van der Waals surface area contributed by atoms with Gasteiger partial charge < -0.3 is 15.2 Å². The molecule has 3 aromatic rings. The average Bonchev–Trinajstić information content (AvgIpc) is 3.24. The van der Waals surface area contributed by atoms with Crippen LogP contribution in [-0.4, -0.2) is 27.4 Å². The monoisotopic (exact) mass is 325 g/mol. The molecule has 7 nitrogen and oxygen atoms in total. The number of benzene rings is 1. The first kappa shape index (κ1) is 15.9. The molecule has 2 aromatic heterocycles. The van der Waals surface area contributed by atoms with E-state index in [2.05, 4.69) is 20.9 Å². The van der Waals surface area contributed by atoms with E-state index in [4.69, 9.17) is 4.52 Å². The van der Waals surface area contributed by atoms with Crippen molar-refractivity contribution < 1.29 is 9.32 Å². The van der Waals surface area contributed by atoms with Crippen molar-refractivity contribution in [3.8, 4) is 5.69 Å². The van der Waals surface area contributed by atoms with Crippen LogP contribution in [0, 0.1) is 6.92 Å². The van der Waals surface area contributed by atoms with Crippen LogP contribution >= 0.6 is 0 Å². The van der Waals surface area contributed by atoms with Crippen molar-refractivity contribution in [3.05, 3.63) is 60.1 Å². The van der Waals surface area contributed by atoms with Gasteiger partial charge in [-0.3, -0.25) is 4.79 Å². The van der Waals surface area contributed by atoms with Crippen molar-refractivity contribution in [1.29, 1.82) is 0 Å². The Hall–Kier alpha value is -2.93. The standard InChI is InChI=1S/C17H19N5O2/c1-12-10-16(21-24-12)20-17(23)11-18-13(2)14-6-3-4-7-15(14)22-9-5-8-19-22/h3-10,13,18H,11H2,1-2H3,(H,20,21,23)/t13-/m0/s1. The molecule has 3 rings (SSSR count). The number of para-hydroxylation sites is 1. The third-order valence-corrected chi connectivity index (χ3v) is 3.62. The third-order valence-electron chi connectivity index (χ3n) is 3.62. The lowest BCUT2D eigenvalue weighted by atomic mass is 10.1. The van der Waals surface area contributed by atoms with E-state index in [0.717, 1.165) is 11.3 Å². The SMILES string of the molecule is Cc1cc(NC(=O)CN[C@@H](C)c2ccccc2-n2cccn2)no1. The van der Waals surface area contributed by atoms with Gasteiger partial charge in [-0.15, -0.1) is 0 Å². The number of nitrogens with one attached hydrogen (secondary N) is 2. The van der Waals surface area contributed by atoms with Crippen molar-refractivity contribution in [1.82, 2.24) is 20.3 Å². The van der Waals surface area contributed by atoms with Crippen molar-refractivity contribution in [2.24, 2.45) is 0 Å². The molecule has 124 valence electrons. The van der Waals surface area contributed by atoms with Crippen LogP contribution in [0.15, 0.2) is 53.3 Å². The first-order valence-electron chi connectivity index (χ1n) is 7.69. The molecular weight excluding hydrogens is 306 g/mol. The number of hydrogen-bond donors (Lipinski definition) is 2. The second-order valence-corrected chi connectivity index (χ2v) is 5.48. The molecule has 0 saturated carbocycles. The second kappa shape index (κ2) is 7.10. The van der Waals surface area contributed by atoms with Crippen molar-refractivity contribution in [2.75, 3.05) is 11.9 Å². The van der Waals surface area contributed by atoms with Gasteiger partial charge in [-0.25, -0.2) is 4.68 Å². The molecule has 1 atom stereocenters.